The summed E-state index contributed by atoms with van der Waals surface area (Å²) in [6.45, 7) is 7.23. The molecule has 0 radical (unpaired) electrons. The second kappa shape index (κ2) is 5.51. The fourth-order valence-corrected chi connectivity index (χ4v) is 3.78. The highest BCUT2D eigenvalue weighted by Gasteiger charge is 2.31. The third-order valence-corrected chi connectivity index (χ3v) is 4.86. The Bertz CT molecular complexity index is 922. The highest BCUT2D eigenvalue weighted by molar-refractivity contribution is 5.95. The maximum atomic E-state index is 12.8. The average molecular weight is 323 g/mol. The SMILES string of the molecule is Cc1cc(C(=O)N2CC[C@@H](n3c(C)nc4ccccc43)C2)c(C)o1. The van der Waals surface area contributed by atoms with Gasteiger partial charge in [-0.2, -0.15) is 0 Å². The van der Waals surface area contributed by atoms with Crippen molar-refractivity contribution in [2.45, 2.75) is 33.2 Å². The molecule has 1 amide bonds. The van der Waals surface area contributed by atoms with Gasteiger partial charge in [-0.1, -0.05) is 12.1 Å². The van der Waals surface area contributed by atoms with Crippen LogP contribution in [0.25, 0.3) is 11.0 Å². The van der Waals surface area contributed by atoms with Crippen LogP contribution in [0.5, 0.6) is 0 Å². The lowest BCUT2D eigenvalue weighted by atomic mass is 10.2. The number of furan rings is 1. The summed E-state index contributed by atoms with van der Waals surface area (Å²) in [6.07, 6.45) is 0.947. The predicted octanol–water partition coefficient (Wildman–Crippen LogP) is 3.64. The molecule has 1 atom stereocenters. The topological polar surface area (TPSA) is 51.3 Å². The number of likely N-dealkylation sites (tertiary alicyclic amines) is 1. The third-order valence-electron chi connectivity index (χ3n) is 4.86. The molecule has 5 heteroatoms. The Morgan fingerprint density at radius 2 is 2.04 bits per heavy atom. The Morgan fingerprint density at radius 1 is 1.25 bits per heavy atom. The van der Waals surface area contributed by atoms with Crippen LogP contribution in [0.15, 0.2) is 34.7 Å². The lowest BCUT2D eigenvalue weighted by molar-refractivity contribution is 0.0786. The normalized spacial score (nSPS) is 17.8. The Balaban J connectivity index is 1.61. The largest absolute Gasteiger partial charge is 0.466 e. The predicted molar refractivity (Wildman–Crippen MR) is 92.2 cm³/mol. The molecule has 1 aliphatic rings. The summed E-state index contributed by atoms with van der Waals surface area (Å²) in [6, 6.07) is 10.3. The first-order valence-electron chi connectivity index (χ1n) is 8.34. The molecule has 0 unspecified atom stereocenters. The monoisotopic (exact) mass is 323 g/mol. The minimum absolute atomic E-state index is 0.0638. The van der Waals surface area contributed by atoms with Gasteiger partial charge in [-0.15, -0.1) is 0 Å². The molecule has 0 spiro atoms. The molecule has 1 aliphatic heterocycles. The van der Waals surface area contributed by atoms with Crippen molar-refractivity contribution in [2.75, 3.05) is 13.1 Å². The number of amides is 1. The van der Waals surface area contributed by atoms with Gasteiger partial charge in [-0.05, 0) is 45.4 Å². The van der Waals surface area contributed by atoms with Gasteiger partial charge >= 0.3 is 0 Å². The second-order valence-electron chi connectivity index (χ2n) is 6.54. The molecule has 0 bridgehead atoms. The maximum Gasteiger partial charge on any atom is 0.257 e. The summed E-state index contributed by atoms with van der Waals surface area (Å²) >= 11 is 0. The first kappa shape index (κ1) is 15.0. The van der Waals surface area contributed by atoms with E-state index in [0.717, 1.165) is 35.6 Å². The quantitative estimate of drug-likeness (QED) is 0.723. The fraction of sp³-hybridized carbons (Fsp3) is 0.368. The summed E-state index contributed by atoms with van der Waals surface area (Å²) in [5.74, 6) is 2.55. The zero-order valence-electron chi connectivity index (χ0n) is 14.2. The van der Waals surface area contributed by atoms with Crippen LogP contribution in [0.1, 0.15) is 40.2 Å². The van der Waals surface area contributed by atoms with Gasteiger partial charge in [0.25, 0.3) is 5.91 Å². The van der Waals surface area contributed by atoms with E-state index < -0.39 is 0 Å². The zero-order valence-corrected chi connectivity index (χ0v) is 14.2. The molecular weight excluding hydrogens is 302 g/mol. The lowest BCUT2D eigenvalue weighted by Crippen LogP contribution is -2.29. The summed E-state index contributed by atoms with van der Waals surface area (Å²) in [7, 11) is 0. The van der Waals surface area contributed by atoms with Crippen LogP contribution in [0.4, 0.5) is 0 Å². The van der Waals surface area contributed by atoms with Crippen molar-refractivity contribution in [1.82, 2.24) is 14.5 Å². The first-order chi connectivity index (χ1) is 11.5. The molecule has 3 aromatic rings. The maximum absolute atomic E-state index is 12.8. The van der Waals surface area contributed by atoms with Crippen molar-refractivity contribution in [3.05, 3.63) is 53.2 Å². The zero-order chi connectivity index (χ0) is 16.8. The number of para-hydroxylation sites is 2. The van der Waals surface area contributed by atoms with Crippen LogP contribution >= 0.6 is 0 Å². The number of carbonyl (C=O) groups is 1. The summed E-state index contributed by atoms with van der Waals surface area (Å²) < 4.78 is 7.78. The highest BCUT2D eigenvalue weighted by atomic mass is 16.3. The van der Waals surface area contributed by atoms with E-state index in [4.69, 9.17) is 4.42 Å². The Labute approximate surface area is 140 Å². The molecule has 5 nitrogen and oxygen atoms in total. The van der Waals surface area contributed by atoms with E-state index in [9.17, 15) is 4.79 Å². The van der Waals surface area contributed by atoms with Gasteiger partial charge in [0.1, 0.15) is 17.3 Å². The smallest absolute Gasteiger partial charge is 0.257 e. The Morgan fingerprint density at radius 3 is 2.79 bits per heavy atom. The van der Waals surface area contributed by atoms with Gasteiger partial charge in [-0.25, -0.2) is 4.98 Å². The van der Waals surface area contributed by atoms with Gasteiger partial charge in [0, 0.05) is 13.1 Å². The fourth-order valence-electron chi connectivity index (χ4n) is 3.78. The molecule has 3 heterocycles. The number of benzene rings is 1. The molecule has 1 saturated heterocycles. The molecule has 24 heavy (non-hydrogen) atoms. The van der Waals surface area contributed by atoms with E-state index in [0.29, 0.717) is 17.9 Å². The summed E-state index contributed by atoms with van der Waals surface area (Å²) in [4.78, 5) is 19.4. The molecule has 0 aliphatic carbocycles. The van der Waals surface area contributed by atoms with Crippen molar-refractivity contribution in [2.24, 2.45) is 0 Å². The van der Waals surface area contributed by atoms with Gasteiger partial charge in [0.15, 0.2) is 0 Å². The Hall–Kier alpha value is -2.56. The van der Waals surface area contributed by atoms with Gasteiger partial charge in [0.05, 0.1) is 22.6 Å². The number of aryl methyl sites for hydroxylation is 3. The van der Waals surface area contributed by atoms with E-state index in [1.165, 1.54) is 0 Å². The van der Waals surface area contributed by atoms with E-state index in [1.807, 2.05) is 49.9 Å². The van der Waals surface area contributed by atoms with Crippen molar-refractivity contribution in [3.63, 3.8) is 0 Å². The average Bonchev–Trinajstić information content (AvgIpc) is 3.22. The minimum atomic E-state index is 0.0638. The number of nitrogens with zero attached hydrogens (tertiary/aromatic N) is 3. The number of rotatable bonds is 2. The number of imidazole rings is 1. The highest BCUT2D eigenvalue weighted by Crippen LogP contribution is 2.29. The Kier molecular flexibility index (Phi) is 3.44. The molecule has 4 rings (SSSR count). The number of carbonyl (C=O) groups excluding carboxylic acids is 1. The lowest BCUT2D eigenvalue weighted by Gasteiger charge is -2.18. The first-order valence-corrected chi connectivity index (χ1v) is 8.34. The number of hydrogen-bond donors (Lipinski definition) is 0. The van der Waals surface area contributed by atoms with Crippen molar-refractivity contribution < 1.29 is 9.21 Å². The van der Waals surface area contributed by atoms with Crippen LogP contribution in [0.3, 0.4) is 0 Å². The third kappa shape index (κ3) is 2.31. The van der Waals surface area contributed by atoms with E-state index in [1.54, 1.807) is 0 Å². The molecule has 0 N–H and O–H groups in total. The molecule has 2 aromatic heterocycles. The van der Waals surface area contributed by atoms with Crippen LogP contribution < -0.4 is 0 Å². The summed E-state index contributed by atoms with van der Waals surface area (Å²) in [5, 5.41) is 0. The summed E-state index contributed by atoms with van der Waals surface area (Å²) in [5.41, 5.74) is 2.84. The standard InChI is InChI=1S/C19H21N3O2/c1-12-10-16(13(2)24-12)19(23)21-9-8-15(11-21)22-14(3)20-17-6-4-5-7-18(17)22/h4-7,10,15H,8-9,11H2,1-3H3/t15-/m1/s1. The van der Waals surface area contributed by atoms with Crippen molar-refractivity contribution >= 4 is 16.9 Å². The van der Waals surface area contributed by atoms with Crippen LogP contribution in [0, 0.1) is 20.8 Å². The van der Waals surface area contributed by atoms with Crippen LogP contribution in [0.2, 0.25) is 0 Å². The van der Waals surface area contributed by atoms with Crippen LogP contribution in [-0.4, -0.2) is 33.4 Å². The molecule has 1 fully saturated rings. The number of hydrogen-bond acceptors (Lipinski definition) is 3. The van der Waals surface area contributed by atoms with Gasteiger partial charge in [0.2, 0.25) is 0 Å². The van der Waals surface area contributed by atoms with Crippen LogP contribution in [-0.2, 0) is 0 Å². The minimum Gasteiger partial charge on any atom is -0.466 e. The molecule has 1 aromatic carbocycles. The van der Waals surface area contributed by atoms with Gasteiger partial charge < -0.3 is 13.9 Å². The van der Waals surface area contributed by atoms with Crippen molar-refractivity contribution in [3.8, 4) is 0 Å². The number of aromatic nitrogens is 2. The molecular formula is C19H21N3O2. The molecule has 124 valence electrons. The van der Waals surface area contributed by atoms with Gasteiger partial charge in [-0.3, -0.25) is 4.79 Å². The van der Waals surface area contributed by atoms with E-state index in [-0.39, 0.29) is 11.9 Å². The molecule has 0 saturated carbocycles. The van der Waals surface area contributed by atoms with Crippen molar-refractivity contribution in [1.29, 1.82) is 0 Å². The number of fused-ring (bicyclic) bond motifs is 1. The van der Waals surface area contributed by atoms with E-state index >= 15 is 0 Å². The van der Waals surface area contributed by atoms with E-state index in [2.05, 4.69) is 15.6 Å². The second-order valence-corrected chi connectivity index (χ2v) is 6.54.